The predicted molar refractivity (Wildman–Crippen MR) is 240 cm³/mol. The predicted octanol–water partition coefficient (Wildman–Crippen LogP) is 6.45. The number of aromatic nitrogens is 3. The molecule has 2 aromatic carbocycles. The van der Waals surface area contributed by atoms with Crippen LogP contribution in [-0.2, 0) is 24.4 Å². The second-order valence-corrected chi connectivity index (χ2v) is 19.9. The zero-order valence-electron chi connectivity index (χ0n) is 35.4. The lowest BCUT2D eigenvalue weighted by Gasteiger charge is -2.39. The molecule has 0 radical (unpaired) electrons. The van der Waals surface area contributed by atoms with Gasteiger partial charge in [0.15, 0.2) is 5.82 Å². The van der Waals surface area contributed by atoms with Crippen molar-refractivity contribution in [2.75, 3.05) is 73.6 Å². The Morgan fingerprint density at radius 1 is 0.919 bits per heavy atom. The molecule has 3 N–H and O–H groups in total. The number of anilines is 3. The smallest absolute Gasteiger partial charge is 0.234 e. The minimum absolute atomic E-state index is 0.0231. The van der Waals surface area contributed by atoms with Crippen molar-refractivity contribution in [2.45, 2.75) is 76.5 Å². The molecule has 8 rings (SSSR count). The molecule has 17 heteroatoms. The first kappa shape index (κ1) is 43.6. The van der Waals surface area contributed by atoms with E-state index in [4.69, 9.17) is 4.98 Å². The average molecular weight is 886 g/mol. The fourth-order valence-corrected chi connectivity index (χ4v) is 11.7. The minimum atomic E-state index is -3.72. The van der Waals surface area contributed by atoms with E-state index in [2.05, 4.69) is 47.3 Å². The van der Waals surface area contributed by atoms with Gasteiger partial charge in [-0.05, 0) is 106 Å². The highest BCUT2D eigenvalue weighted by atomic mass is 32.2. The van der Waals surface area contributed by atoms with Crippen LogP contribution in [0.15, 0.2) is 54.7 Å². The number of piperidine rings is 4. The Bertz CT molecular complexity index is 2350. The number of nitrogens with zero attached hydrogens (tertiary/aromatic N) is 6. The van der Waals surface area contributed by atoms with Crippen LogP contribution in [-0.4, -0.2) is 110 Å². The molecule has 14 nitrogen and oxygen atoms in total. The molecule has 0 bridgehead atoms. The van der Waals surface area contributed by atoms with Crippen molar-refractivity contribution in [1.82, 2.24) is 30.1 Å². The molecule has 330 valence electrons. The van der Waals surface area contributed by atoms with E-state index in [0.29, 0.717) is 60.5 Å². The highest BCUT2D eigenvalue weighted by molar-refractivity contribution is 7.92. The number of hydrogen-bond donors (Lipinski definition) is 3. The second-order valence-electron chi connectivity index (χ2n) is 17.0. The molecule has 4 aliphatic rings. The number of likely N-dealkylation sites (tertiary alicyclic amines) is 2. The summed E-state index contributed by atoms with van der Waals surface area (Å²) < 4.78 is 43.7. The molecular weight excluding hydrogens is 830 g/mol. The minimum Gasteiger partial charge on any atom is -0.372 e. The van der Waals surface area contributed by atoms with Gasteiger partial charge in [0.25, 0.3) is 0 Å². The van der Waals surface area contributed by atoms with Crippen LogP contribution in [0.5, 0.6) is 0 Å². The molecule has 6 heterocycles. The summed E-state index contributed by atoms with van der Waals surface area (Å²) in [5, 5.41) is 6.25. The van der Waals surface area contributed by atoms with Gasteiger partial charge in [-0.2, -0.15) is 0 Å². The maximum atomic E-state index is 16.2. The normalized spacial score (nSPS) is 20.0. The fourth-order valence-electron chi connectivity index (χ4n) is 9.39. The molecule has 62 heavy (non-hydrogen) atoms. The summed E-state index contributed by atoms with van der Waals surface area (Å²) in [7, 11) is -1.99. The van der Waals surface area contributed by atoms with Crippen LogP contribution in [0.3, 0.4) is 0 Å². The van der Waals surface area contributed by atoms with Gasteiger partial charge >= 0.3 is 0 Å². The molecule has 4 aromatic rings. The number of thiazole rings is 1. The molecule has 4 aliphatic heterocycles. The molecule has 0 unspecified atom stereocenters. The number of sulfonamides is 1. The highest BCUT2D eigenvalue weighted by Gasteiger charge is 2.34. The van der Waals surface area contributed by atoms with Gasteiger partial charge in [0, 0.05) is 75.5 Å². The van der Waals surface area contributed by atoms with Crippen molar-refractivity contribution < 1.29 is 27.2 Å². The van der Waals surface area contributed by atoms with Crippen LogP contribution in [0.25, 0.3) is 21.8 Å². The standard InChI is InChI=1S/C45H56FN9O5S2/c1-3-27-62(59,60)52-36-6-4-5-35(39(36)46)40-41(37-13-20-48-45(47-2)49-37)61-43(51-40)31-18-25-55(26-19-31)44(58)32-16-21-53(22-17-32)28-29-14-23-54(24-15-29)33-9-7-30(8-10-33)34-11-12-38(56)50-42(34)57/h4-10,13,20,29,31-32,34,52H,3,11-12,14-19,21-28H2,1-2H3,(H,47,48,49)(H,50,56,57)/t34-/m1/s1. The molecular formula is C45H56FN9O5S2. The zero-order chi connectivity index (χ0) is 43.4. The number of imide groups is 1. The van der Waals surface area contributed by atoms with Gasteiger partial charge in [-0.3, -0.25) is 24.4 Å². The van der Waals surface area contributed by atoms with Crippen LogP contribution in [0.1, 0.15) is 87.1 Å². The van der Waals surface area contributed by atoms with Crippen molar-refractivity contribution in [2.24, 2.45) is 11.8 Å². The Labute approximate surface area is 367 Å². The van der Waals surface area contributed by atoms with E-state index in [-0.39, 0.29) is 52.5 Å². The van der Waals surface area contributed by atoms with Crippen molar-refractivity contribution in [3.8, 4) is 21.8 Å². The van der Waals surface area contributed by atoms with Gasteiger partial charge in [0.2, 0.25) is 33.7 Å². The SMILES string of the molecule is CCCS(=O)(=O)Nc1cccc(-c2nc(C3CCN(C(=O)C4CCN(CC5CCN(c6ccc([C@H]7CCC(=O)NC7=O)cc6)CC5)CC4)CC3)sc2-c2ccnc(NC)n2)c1F. The molecule has 1 atom stereocenters. The number of carbonyl (C=O) groups is 3. The fraction of sp³-hybridized carbons (Fsp3) is 0.511. The zero-order valence-corrected chi connectivity index (χ0v) is 37.1. The lowest BCUT2D eigenvalue weighted by Crippen LogP contribution is -2.46. The third kappa shape index (κ3) is 9.94. The largest absolute Gasteiger partial charge is 0.372 e. The Morgan fingerprint density at radius 3 is 2.35 bits per heavy atom. The maximum Gasteiger partial charge on any atom is 0.234 e. The Balaban J connectivity index is 0.838. The number of benzene rings is 2. The lowest BCUT2D eigenvalue weighted by molar-refractivity contribution is -0.138. The summed E-state index contributed by atoms with van der Waals surface area (Å²) in [6.07, 6.45) is 8.41. The van der Waals surface area contributed by atoms with Crippen molar-refractivity contribution in [1.29, 1.82) is 0 Å². The maximum absolute atomic E-state index is 16.2. The highest BCUT2D eigenvalue weighted by Crippen LogP contribution is 2.43. The van der Waals surface area contributed by atoms with Crippen LogP contribution in [0, 0.1) is 17.7 Å². The first-order valence-electron chi connectivity index (χ1n) is 22.0. The van der Waals surface area contributed by atoms with Crippen LogP contribution < -0.4 is 20.3 Å². The molecule has 0 aliphatic carbocycles. The van der Waals surface area contributed by atoms with Gasteiger partial charge < -0.3 is 20.0 Å². The van der Waals surface area contributed by atoms with Crippen molar-refractivity contribution in [3.05, 3.63) is 71.1 Å². The van der Waals surface area contributed by atoms with E-state index in [0.717, 1.165) is 81.8 Å². The number of amides is 3. The van der Waals surface area contributed by atoms with Gasteiger partial charge in [-0.15, -0.1) is 11.3 Å². The Morgan fingerprint density at radius 2 is 1.66 bits per heavy atom. The third-order valence-corrected chi connectivity index (χ3v) is 15.6. The summed E-state index contributed by atoms with van der Waals surface area (Å²) in [4.78, 5) is 59.3. The molecule has 4 saturated heterocycles. The Kier molecular flexibility index (Phi) is 13.5. The lowest BCUT2D eigenvalue weighted by atomic mass is 9.90. The number of nitrogens with one attached hydrogen (secondary N) is 3. The summed E-state index contributed by atoms with van der Waals surface area (Å²) >= 11 is 1.46. The van der Waals surface area contributed by atoms with Gasteiger partial charge in [0.1, 0.15) is 0 Å². The van der Waals surface area contributed by atoms with Crippen molar-refractivity contribution >= 4 is 56.4 Å². The molecule has 3 amide bonds. The summed E-state index contributed by atoms with van der Waals surface area (Å²) in [5.74, 6) is -0.112. The number of carbonyl (C=O) groups excluding carboxylic acids is 3. The molecule has 0 saturated carbocycles. The van der Waals surface area contributed by atoms with Gasteiger partial charge in [-0.25, -0.2) is 27.8 Å². The van der Waals surface area contributed by atoms with E-state index in [1.165, 1.54) is 23.1 Å². The summed E-state index contributed by atoms with van der Waals surface area (Å²) in [6, 6.07) is 14.7. The van der Waals surface area contributed by atoms with E-state index >= 15 is 4.39 Å². The summed E-state index contributed by atoms with van der Waals surface area (Å²) in [5.41, 5.74) is 3.17. The molecule has 0 spiro atoms. The molecule has 2 aromatic heterocycles. The first-order chi connectivity index (χ1) is 30.0. The van der Waals surface area contributed by atoms with Gasteiger partial charge in [0.05, 0.1) is 38.6 Å². The quantitative estimate of drug-likeness (QED) is 0.126. The first-order valence-corrected chi connectivity index (χ1v) is 24.5. The number of rotatable bonds is 13. The van der Waals surface area contributed by atoms with Crippen molar-refractivity contribution in [3.63, 3.8) is 0 Å². The Hall–Kier alpha value is -5.00. The van der Waals surface area contributed by atoms with E-state index < -0.39 is 15.8 Å². The van der Waals surface area contributed by atoms with E-state index in [1.807, 2.05) is 17.0 Å². The number of halogens is 1. The van der Waals surface area contributed by atoms with Crippen LogP contribution in [0.2, 0.25) is 0 Å². The molecule has 4 fully saturated rings. The second kappa shape index (κ2) is 19.2. The van der Waals surface area contributed by atoms with E-state index in [1.54, 1.807) is 38.4 Å². The van der Waals surface area contributed by atoms with Gasteiger partial charge in [-0.1, -0.05) is 25.1 Å². The monoisotopic (exact) mass is 885 g/mol. The number of hydrogen-bond acceptors (Lipinski definition) is 12. The topological polar surface area (TPSA) is 170 Å². The van der Waals surface area contributed by atoms with E-state index in [9.17, 15) is 22.8 Å². The third-order valence-electron chi connectivity index (χ3n) is 12.9. The van der Waals surface area contributed by atoms with Crippen LogP contribution >= 0.6 is 11.3 Å². The average Bonchev–Trinajstić information content (AvgIpc) is 3.73. The summed E-state index contributed by atoms with van der Waals surface area (Å²) in [6.45, 7) is 7.90. The van der Waals surface area contributed by atoms with Crippen LogP contribution in [0.4, 0.5) is 21.7 Å².